The van der Waals surface area contributed by atoms with Crippen LogP contribution in [0.2, 0.25) is 0 Å². The topological polar surface area (TPSA) is 35.5 Å². The first kappa shape index (κ1) is 33.3. The van der Waals surface area contributed by atoms with Gasteiger partial charge in [-0.3, -0.25) is 0 Å². The molecule has 8 rings (SSSR count). The molecule has 51 heavy (non-hydrogen) atoms. The predicted molar refractivity (Wildman–Crippen MR) is 213 cm³/mol. The van der Waals surface area contributed by atoms with Gasteiger partial charge in [0.15, 0.2) is 5.82 Å². The normalized spacial score (nSPS) is 22.7. The van der Waals surface area contributed by atoms with Gasteiger partial charge in [-0.15, -0.1) is 0 Å². The Labute approximate surface area is 304 Å². The van der Waals surface area contributed by atoms with E-state index in [9.17, 15) is 0 Å². The second-order valence-electron chi connectivity index (χ2n) is 14.9. The summed E-state index contributed by atoms with van der Waals surface area (Å²) in [5.74, 6) is 1.32. The number of nitrogens with zero attached hydrogens (tertiary/aromatic N) is 5. The second kappa shape index (κ2) is 13.0. The van der Waals surface area contributed by atoms with E-state index < -0.39 is 0 Å². The van der Waals surface area contributed by atoms with Gasteiger partial charge < -0.3 is 14.7 Å². The zero-order valence-corrected chi connectivity index (χ0v) is 31.1. The summed E-state index contributed by atoms with van der Waals surface area (Å²) in [4.78, 5) is 17.3. The van der Waals surface area contributed by atoms with Crippen LogP contribution in [-0.4, -0.2) is 29.2 Å². The van der Waals surface area contributed by atoms with Crippen LogP contribution in [-0.2, 0) is 5.41 Å². The lowest BCUT2D eigenvalue weighted by molar-refractivity contribution is 0.0780. The van der Waals surface area contributed by atoms with Gasteiger partial charge in [-0.2, -0.15) is 0 Å². The third-order valence-corrected chi connectivity index (χ3v) is 13.0. The number of fused-ring (bicyclic) bond motifs is 8. The van der Waals surface area contributed by atoms with E-state index in [-0.39, 0.29) is 23.0 Å². The third kappa shape index (κ3) is 4.73. The number of para-hydroxylation sites is 2. The van der Waals surface area contributed by atoms with E-state index in [1.54, 1.807) is 6.33 Å². The van der Waals surface area contributed by atoms with Gasteiger partial charge in [0.25, 0.3) is 0 Å². The number of allylic oxidation sites excluding steroid dienone is 2. The Morgan fingerprint density at radius 1 is 0.784 bits per heavy atom. The number of hydrogen-bond donors (Lipinski definition) is 0. The fourth-order valence-electron chi connectivity index (χ4n) is 10.7. The van der Waals surface area contributed by atoms with Crippen molar-refractivity contribution < 1.29 is 0 Å². The SMILES string of the molecule is CCC(=C(C)c1ccccc1)N1c2ccccc2C2(CCC1C(C)c1ccccc1)c1ccccc1N1c3cncnc3N(C)C1C2(CC)CC. The predicted octanol–water partition coefficient (Wildman–Crippen LogP) is 11.1. The summed E-state index contributed by atoms with van der Waals surface area (Å²) in [5.41, 5.74) is 11.6. The maximum Gasteiger partial charge on any atom is 0.157 e. The van der Waals surface area contributed by atoms with E-state index >= 15 is 0 Å². The molecular formula is C46H51N5. The standard InChI is InChI=1S/C46H51N5/c1-7-38(32(4)34-20-12-10-13-21-34)50-39(33(5)35-22-14-11-15-23-35)28-29-46(36-24-16-18-26-40(36)50)37-25-17-19-27-41(37)51-42-30-47-31-48-43(42)49(6)44(51)45(46,8-2)9-3/h10-27,30-31,33,39,44H,7-9,28-29H2,1-6H3. The van der Waals surface area contributed by atoms with E-state index in [4.69, 9.17) is 4.98 Å². The van der Waals surface area contributed by atoms with Crippen molar-refractivity contribution in [1.29, 1.82) is 0 Å². The van der Waals surface area contributed by atoms with E-state index in [1.807, 2.05) is 6.20 Å². The Morgan fingerprint density at radius 3 is 2.06 bits per heavy atom. The van der Waals surface area contributed by atoms with Crippen LogP contribution in [0.15, 0.2) is 127 Å². The van der Waals surface area contributed by atoms with E-state index in [2.05, 4.69) is 171 Å². The molecule has 0 amide bonds. The molecule has 3 aliphatic heterocycles. The minimum atomic E-state index is -0.266. The molecular weight excluding hydrogens is 623 g/mol. The number of hydrogen-bond acceptors (Lipinski definition) is 5. The Bertz CT molecular complexity index is 2050. The minimum absolute atomic E-state index is 0.0888. The molecule has 260 valence electrons. The number of rotatable bonds is 7. The molecule has 3 aliphatic rings. The van der Waals surface area contributed by atoms with Crippen LogP contribution in [0, 0.1) is 5.41 Å². The lowest BCUT2D eigenvalue weighted by Gasteiger charge is -2.61. The molecule has 5 heteroatoms. The third-order valence-electron chi connectivity index (χ3n) is 13.0. The molecule has 4 atom stereocenters. The van der Waals surface area contributed by atoms with Crippen molar-refractivity contribution in [3.63, 3.8) is 0 Å². The van der Waals surface area contributed by atoms with E-state index in [0.717, 1.165) is 43.6 Å². The first-order chi connectivity index (χ1) is 24.9. The molecule has 4 aromatic carbocycles. The van der Waals surface area contributed by atoms with Crippen LogP contribution >= 0.6 is 0 Å². The summed E-state index contributed by atoms with van der Waals surface area (Å²) in [6.07, 6.45) is 8.90. The van der Waals surface area contributed by atoms with E-state index in [0.29, 0.717) is 5.92 Å². The first-order valence-electron chi connectivity index (χ1n) is 19.0. The highest BCUT2D eigenvalue weighted by atomic mass is 15.5. The highest BCUT2D eigenvalue weighted by Crippen LogP contribution is 2.68. The largest absolute Gasteiger partial charge is 0.341 e. The van der Waals surface area contributed by atoms with Gasteiger partial charge in [0.1, 0.15) is 18.2 Å². The zero-order valence-electron chi connectivity index (χ0n) is 31.1. The molecule has 4 unspecified atom stereocenters. The molecule has 4 heterocycles. The quantitative estimate of drug-likeness (QED) is 0.172. The molecule has 1 spiro atoms. The van der Waals surface area contributed by atoms with Crippen LogP contribution in [0.3, 0.4) is 0 Å². The summed E-state index contributed by atoms with van der Waals surface area (Å²) in [6.45, 7) is 12.0. The van der Waals surface area contributed by atoms with Gasteiger partial charge in [0.05, 0.1) is 6.20 Å². The van der Waals surface area contributed by atoms with Crippen LogP contribution in [0.5, 0.6) is 0 Å². The summed E-state index contributed by atoms with van der Waals surface area (Å²) in [5, 5.41) is 0. The highest BCUT2D eigenvalue weighted by molar-refractivity contribution is 5.86. The van der Waals surface area contributed by atoms with Crippen LogP contribution in [0.1, 0.15) is 94.9 Å². The maximum atomic E-state index is 4.89. The highest BCUT2D eigenvalue weighted by Gasteiger charge is 2.65. The van der Waals surface area contributed by atoms with Crippen LogP contribution in [0.25, 0.3) is 5.57 Å². The average Bonchev–Trinajstić information content (AvgIpc) is 3.41. The Balaban J connectivity index is 1.45. The lowest BCUT2D eigenvalue weighted by Crippen LogP contribution is -2.64. The number of anilines is 4. The van der Waals surface area contributed by atoms with Gasteiger partial charge in [0, 0.05) is 46.9 Å². The molecule has 0 bridgehead atoms. The molecule has 5 aromatic rings. The van der Waals surface area contributed by atoms with Gasteiger partial charge in [0.2, 0.25) is 0 Å². The number of aromatic nitrogens is 2. The summed E-state index contributed by atoms with van der Waals surface area (Å²) >= 11 is 0. The Kier molecular flexibility index (Phi) is 8.49. The molecule has 0 radical (unpaired) electrons. The van der Waals surface area contributed by atoms with Gasteiger partial charge in [-0.05, 0) is 79.0 Å². The van der Waals surface area contributed by atoms with Crippen molar-refractivity contribution in [3.8, 4) is 0 Å². The summed E-state index contributed by atoms with van der Waals surface area (Å²) < 4.78 is 0. The van der Waals surface area contributed by atoms with Gasteiger partial charge >= 0.3 is 0 Å². The summed E-state index contributed by atoms with van der Waals surface area (Å²) in [7, 11) is 2.26. The molecule has 5 nitrogen and oxygen atoms in total. The van der Waals surface area contributed by atoms with Crippen molar-refractivity contribution in [2.24, 2.45) is 5.41 Å². The average molecular weight is 674 g/mol. The van der Waals surface area contributed by atoms with Crippen molar-refractivity contribution in [2.45, 2.75) is 90.3 Å². The number of benzene rings is 4. The van der Waals surface area contributed by atoms with Gasteiger partial charge in [-0.1, -0.05) is 125 Å². The molecule has 0 fully saturated rings. The maximum absolute atomic E-state index is 4.89. The monoisotopic (exact) mass is 673 g/mol. The Hall–Kier alpha value is -4.90. The van der Waals surface area contributed by atoms with Gasteiger partial charge in [-0.25, -0.2) is 9.97 Å². The molecule has 1 aromatic heterocycles. The van der Waals surface area contributed by atoms with Crippen molar-refractivity contribution in [1.82, 2.24) is 9.97 Å². The molecule has 0 N–H and O–H groups in total. The summed E-state index contributed by atoms with van der Waals surface area (Å²) in [6, 6.07) is 41.2. The first-order valence-corrected chi connectivity index (χ1v) is 19.0. The molecule has 0 saturated heterocycles. The minimum Gasteiger partial charge on any atom is -0.341 e. The van der Waals surface area contributed by atoms with Crippen molar-refractivity contribution in [2.75, 3.05) is 21.7 Å². The zero-order chi connectivity index (χ0) is 35.3. The van der Waals surface area contributed by atoms with E-state index in [1.165, 1.54) is 44.9 Å². The van der Waals surface area contributed by atoms with Crippen molar-refractivity contribution >= 4 is 28.5 Å². The fourth-order valence-corrected chi connectivity index (χ4v) is 10.7. The molecule has 0 saturated carbocycles. The van der Waals surface area contributed by atoms with Crippen LogP contribution < -0.4 is 14.7 Å². The molecule has 0 aliphatic carbocycles. The van der Waals surface area contributed by atoms with Crippen molar-refractivity contribution in [3.05, 3.63) is 150 Å². The van der Waals surface area contributed by atoms with Crippen LogP contribution in [0.4, 0.5) is 22.9 Å². The fraction of sp³-hybridized carbons (Fsp3) is 0.348. The smallest absolute Gasteiger partial charge is 0.157 e. The Morgan fingerprint density at radius 2 is 1.39 bits per heavy atom. The second-order valence-corrected chi connectivity index (χ2v) is 14.9. The lowest BCUT2D eigenvalue weighted by atomic mass is 9.49.